The second-order valence-corrected chi connectivity index (χ2v) is 4.95. The Morgan fingerprint density at radius 2 is 1.85 bits per heavy atom. The van der Waals surface area contributed by atoms with E-state index in [4.69, 9.17) is 4.74 Å². The number of hydrazone groups is 1. The first kappa shape index (κ1) is 12.7. The number of hydrogen-bond acceptors (Lipinski definition) is 3. The van der Waals surface area contributed by atoms with Crippen molar-refractivity contribution < 1.29 is 4.74 Å². The predicted molar refractivity (Wildman–Crippen MR) is 82.7 cm³/mol. The maximum atomic E-state index is 5.45. The van der Waals surface area contributed by atoms with E-state index in [-0.39, 0.29) is 0 Å². The van der Waals surface area contributed by atoms with Crippen LogP contribution in [0.5, 0.6) is 5.75 Å². The number of fused-ring (bicyclic) bond motifs is 1. The molecule has 20 heavy (non-hydrogen) atoms. The van der Waals surface area contributed by atoms with Crippen LogP contribution < -0.4 is 10.2 Å². The molecule has 3 rings (SSSR count). The van der Waals surface area contributed by atoms with Gasteiger partial charge in [-0.05, 0) is 54.7 Å². The maximum absolute atomic E-state index is 5.45. The van der Waals surface area contributed by atoms with Crippen molar-refractivity contribution in [1.29, 1.82) is 0 Å². The molecule has 102 valence electrons. The second kappa shape index (κ2) is 5.78. The lowest BCUT2D eigenvalue weighted by atomic mass is 10.1. The molecule has 0 amide bonds. The summed E-state index contributed by atoms with van der Waals surface area (Å²) in [5.74, 6) is 0.893. The fraction of sp³-hybridized carbons (Fsp3) is 0.235. The van der Waals surface area contributed by atoms with E-state index in [1.54, 1.807) is 7.11 Å². The molecule has 0 atom stereocenters. The highest BCUT2D eigenvalue weighted by Gasteiger charge is 2.14. The van der Waals surface area contributed by atoms with Crippen molar-refractivity contribution in [3.63, 3.8) is 0 Å². The average Bonchev–Trinajstić information content (AvgIpc) is 2.94. The summed E-state index contributed by atoms with van der Waals surface area (Å²) < 4.78 is 5.45. The molecular formula is C17H18N2O. The van der Waals surface area contributed by atoms with Crippen LogP contribution in [0.4, 0.5) is 5.69 Å². The Kier molecular flexibility index (Phi) is 3.68. The topological polar surface area (TPSA) is 33.6 Å². The molecule has 0 aromatic heterocycles. The highest BCUT2D eigenvalue weighted by molar-refractivity contribution is 5.84. The van der Waals surface area contributed by atoms with Gasteiger partial charge in [0.1, 0.15) is 5.75 Å². The predicted octanol–water partition coefficient (Wildman–Crippen LogP) is 3.63. The standard InChI is InChI=1S/C17H18N2O/c1-20-17-11-14-7-5-6-13(14)10-15(17)12-18-19-16-8-3-2-4-9-16/h2-4,8-12,19H,5-7H2,1H3. The van der Waals surface area contributed by atoms with Gasteiger partial charge < -0.3 is 4.74 Å². The number of rotatable bonds is 4. The van der Waals surface area contributed by atoms with Gasteiger partial charge in [-0.1, -0.05) is 18.2 Å². The largest absolute Gasteiger partial charge is 0.496 e. The van der Waals surface area contributed by atoms with E-state index in [1.807, 2.05) is 36.5 Å². The smallest absolute Gasteiger partial charge is 0.127 e. The number of aryl methyl sites for hydroxylation is 2. The molecule has 0 aliphatic heterocycles. The van der Waals surface area contributed by atoms with Crippen LogP contribution in [0.25, 0.3) is 0 Å². The van der Waals surface area contributed by atoms with Crippen LogP contribution in [0.15, 0.2) is 47.6 Å². The van der Waals surface area contributed by atoms with Crippen LogP contribution in [0.2, 0.25) is 0 Å². The van der Waals surface area contributed by atoms with Gasteiger partial charge in [0.25, 0.3) is 0 Å². The van der Waals surface area contributed by atoms with Crippen LogP contribution >= 0.6 is 0 Å². The van der Waals surface area contributed by atoms with Crippen molar-refractivity contribution in [1.82, 2.24) is 0 Å². The molecule has 0 saturated carbocycles. The Morgan fingerprint density at radius 3 is 2.60 bits per heavy atom. The minimum absolute atomic E-state index is 0.893. The molecule has 0 radical (unpaired) electrons. The number of methoxy groups -OCH3 is 1. The number of anilines is 1. The van der Waals surface area contributed by atoms with Crippen LogP contribution in [0, 0.1) is 0 Å². The van der Waals surface area contributed by atoms with E-state index in [9.17, 15) is 0 Å². The van der Waals surface area contributed by atoms with Gasteiger partial charge in [-0.15, -0.1) is 0 Å². The zero-order valence-electron chi connectivity index (χ0n) is 11.6. The zero-order valence-corrected chi connectivity index (χ0v) is 11.6. The molecule has 0 unspecified atom stereocenters. The van der Waals surface area contributed by atoms with Crippen molar-refractivity contribution in [2.75, 3.05) is 12.5 Å². The number of ether oxygens (including phenoxy) is 1. The van der Waals surface area contributed by atoms with E-state index < -0.39 is 0 Å². The normalized spacial score (nSPS) is 13.4. The molecule has 0 spiro atoms. The molecule has 1 N–H and O–H groups in total. The second-order valence-electron chi connectivity index (χ2n) is 4.95. The van der Waals surface area contributed by atoms with Crippen LogP contribution in [0.3, 0.4) is 0 Å². The quantitative estimate of drug-likeness (QED) is 0.677. The van der Waals surface area contributed by atoms with Crippen LogP contribution in [-0.4, -0.2) is 13.3 Å². The summed E-state index contributed by atoms with van der Waals surface area (Å²) in [6, 6.07) is 14.2. The Balaban J connectivity index is 1.80. The SMILES string of the molecule is COc1cc2c(cc1C=NNc1ccccc1)CCC2. The number of nitrogens with zero attached hydrogens (tertiary/aromatic N) is 1. The molecule has 1 aliphatic carbocycles. The third kappa shape index (κ3) is 2.67. The van der Waals surface area contributed by atoms with Gasteiger partial charge in [-0.3, -0.25) is 5.43 Å². The van der Waals surface area contributed by atoms with Crippen molar-refractivity contribution >= 4 is 11.9 Å². The lowest BCUT2D eigenvalue weighted by Crippen LogP contribution is -1.96. The van der Waals surface area contributed by atoms with Gasteiger partial charge in [0.15, 0.2) is 0 Å². The minimum atomic E-state index is 0.893. The van der Waals surface area contributed by atoms with Gasteiger partial charge in [-0.2, -0.15) is 5.10 Å². The highest BCUT2D eigenvalue weighted by atomic mass is 16.5. The van der Waals surface area contributed by atoms with Crippen molar-refractivity contribution in [3.05, 3.63) is 59.2 Å². The third-order valence-electron chi connectivity index (χ3n) is 3.62. The van der Waals surface area contributed by atoms with Crippen molar-refractivity contribution in [2.24, 2.45) is 5.10 Å². The molecule has 2 aromatic carbocycles. The van der Waals surface area contributed by atoms with Crippen LogP contribution in [0.1, 0.15) is 23.1 Å². The maximum Gasteiger partial charge on any atom is 0.127 e. The lowest BCUT2D eigenvalue weighted by molar-refractivity contribution is 0.413. The van der Waals surface area contributed by atoms with E-state index in [0.29, 0.717) is 0 Å². The summed E-state index contributed by atoms with van der Waals surface area (Å²) in [7, 11) is 1.71. The van der Waals surface area contributed by atoms with E-state index in [2.05, 4.69) is 22.7 Å². The lowest BCUT2D eigenvalue weighted by Gasteiger charge is -2.08. The minimum Gasteiger partial charge on any atom is -0.496 e. The van der Waals surface area contributed by atoms with Gasteiger partial charge >= 0.3 is 0 Å². The first-order chi connectivity index (χ1) is 9.86. The molecule has 3 nitrogen and oxygen atoms in total. The average molecular weight is 266 g/mol. The Labute approximate surface area is 119 Å². The summed E-state index contributed by atoms with van der Waals surface area (Å²) >= 11 is 0. The zero-order chi connectivity index (χ0) is 13.8. The molecule has 0 heterocycles. The first-order valence-corrected chi connectivity index (χ1v) is 6.91. The summed E-state index contributed by atoms with van der Waals surface area (Å²) in [5.41, 5.74) is 7.86. The third-order valence-corrected chi connectivity index (χ3v) is 3.62. The van der Waals surface area contributed by atoms with Gasteiger partial charge in [0.05, 0.1) is 19.0 Å². The molecule has 0 saturated heterocycles. The number of nitrogens with one attached hydrogen (secondary N) is 1. The van der Waals surface area contributed by atoms with E-state index in [0.717, 1.165) is 29.8 Å². The summed E-state index contributed by atoms with van der Waals surface area (Å²) in [6.45, 7) is 0. The highest BCUT2D eigenvalue weighted by Crippen LogP contribution is 2.28. The molecule has 0 fully saturated rings. The van der Waals surface area contributed by atoms with Gasteiger partial charge in [0.2, 0.25) is 0 Å². The first-order valence-electron chi connectivity index (χ1n) is 6.91. The number of hydrogen-bond donors (Lipinski definition) is 1. The molecule has 3 heteroatoms. The van der Waals surface area contributed by atoms with Gasteiger partial charge in [0, 0.05) is 5.56 Å². The molecule has 2 aromatic rings. The molecule has 0 bridgehead atoms. The Morgan fingerprint density at radius 1 is 1.10 bits per heavy atom. The number of para-hydroxylation sites is 1. The summed E-state index contributed by atoms with van der Waals surface area (Å²) in [5, 5.41) is 4.29. The monoisotopic (exact) mass is 266 g/mol. The fourth-order valence-electron chi connectivity index (χ4n) is 2.59. The Hall–Kier alpha value is -2.29. The Bertz CT molecular complexity index is 620. The van der Waals surface area contributed by atoms with E-state index in [1.165, 1.54) is 17.5 Å². The van der Waals surface area contributed by atoms with Crippen molar-refractivity contribution in [2.45, 2.75) is 19.3 Å². The summed E-state index contributed by atoms with van der Waals surface area (Å²) in [4.78, 5) is 0. The van der Waals surface area contributed by atoms with Gasteiger partial charge in [-0.25, -0.2) is 0 Å². The molecule has 1 aliphatic rings. The molecular weight excluding hydrogens is 248 g/mol. The summed E-state index contributed by atoms with van der Waals surface area (Å²) in [6.07, 6.45) is 5.38. The van der Waals surface area contributed by atoms with Crippen LogP contribution in [-0.2, 0) is 12.8 Å². The van der Waals surface area contributed by atoms with E-state index >= 15 is 0 Å². The fourth-order valence-corrected chi connectivity index (χ4v) is 2.59. The van der Waals surface area contributed by atoms with Crippen molar-refractivity contribution in [3.8, 4) is 5.75 Å². The number of benzene rings is 2.